The van der Waals surface area contributed by atoms with Crippen molar-refractivity contribution in [2.45, 2.75) is 18.9 Å². The minimum absolute atomic E-state index is 0.0545. The van der Waals surface area contributed by atoms with E-state index in [0.29, 0.717) is 38.0 Å². The van der Waals surface area contributed by atoms with Crippen LogP contribution in [0.2, 0.25) is 0 Å². The predicted molar refractivity (Wildman–Crippen MR) is 130 cm³/mol. The van der Waals surface area contributed by atoms with Crippen LogP contribution in [0.15, 0.2) is 36.4 Å². The van der Waals surface area contributed by atoms with Gasteiger partial charge in [0.2, 0.25) is 0 Å². The molecule has 3 aliphatic heterocycles. The van der Waals surface area contributed by atoms with Gasteiger partial charge in [0, 0.05) is 65.5 Å². The van der Waals surface area contributed by atoms with Crippen molar-refractivity contribution in [3.8, 4) is 5.75 Å². The lowest BCUT2D eigenvalue weighted by Gasteiger charge is -2.37. The van der Waals surface area contributed by atoms with Gasteiger partial charge in [-0.15, -0.1) is 10.2 Å². The Morgan fingerprint density at radius 3 is 2.11 bits per heavy atom. The lowest BCUT2D eigenvalue weighted by Crippen LogP contribution is -2.50. The molecule has 35 heavy (non-hydrogen) atoms. The first-order chi connectivity index (χ1) is 17.1. The second kappa shape index (κ2) is 11.2. The van der Waals surface area contributed by atoms with Gasteiger partial charge < -0.3 is 24.2 Å². The number of hydrogen-bond donors (Lipinski definition) is 0. The average molecular weight is 485 g/mol. The number of ether oxygens (including phenoxy) is 2. The Hall–Kier alpha value is -2.98. The SMILES string of the molecule is O=C(COc1ccc(F)cc1)N1CCN(c2ccc(N3CCN(CC4CCCO4)CC3)nn2)CC1. The maximum atomic E-state index is 13.0. The Kier molecular flexibility index (Phi) is 7.58. The molecule has 0 spiro atoms. The zero-order valence-electron chi connectivity index (χ0n) is 20.0. The third kappa shape index (κ3) is 6.18. The lowest BCUT2D eigenvalue weighted by atomic mass is 10.2. The van der Waals surface area contributed by atoms with Crippen molar-refractivity contribution >= 4 is 17.5 Å². The fourth-order valence-electron chi connectivity index (χ4n) is 4.84. The van der Waals surface area contributed by atoms with E-state index >= 15 is 0 Å². The fourth-order valence-corrected chi connectivity index (χ4v) is 4.84. The van der Waals surface area contributed by atoms with Crippen LogP contribution in [-0.4, -0.2) is 104 Å². The Bertz CT molecular complexity index is 954. The number of carbonyl (C=O) groups excluding carboxylic acids is 1. The number of hydrogen-bond acceptors (Lipinski definition) is 8. The highest BCUT2D eigenvalue weighted by atomic mass is 19.1. The van der Waals surface area contributed by atoms with Gasteiger partial charge in [0.05, 0.1) is 6.10 Å². The average Bonchev–Trinajstić information content (AvgIpc) is 3.42. The van der Waals surface area contributed by atoms with Gasteiger partial charge in [-0.25, -0.2) is 4.39 Å². The van der Waals surface area contributed by atoms with Crippen molar-refractivity contribution in [2.24, 2.45) is 0 Å². The van der Waals surface area contributed by atoms with Crippen LogP contribution in [-0.2, 0) is 9.53 Å². The molecular weight excluding hydrogens is 451 g/mol. The summed E-state index contributed by atoms with van der Waals surface area (Å²) in [6.07, 6.45) is 2.77. The summed E-state index contributed by atoms with van der Waals surface area (Å²) in [7, 11) is 0. The van der Waals surface area contributed by atoms with Crippen LogP contribution in [0.3, 0.4) is 0 Å². The van der Waals surface area contributed by atoms with Gasteiger partial charge in [0.25, 0.3) is 5.91 Å². The third-order valence-corrected chi connectivity index (χ3v) is 6.95. The van der Waals surface area contributed by atoms with E-state index in [2.05, 4.69) is 24.9 Å². The molecular formula is C25H33FN6O3. The van der Waals surface area contributed by atoms with Crippen LogP contribution >= 0.6 is 0 Å². The molecule has 9 nitrogen and oxygen atoms in total. The van der Waals surface area contributed by atoms with E-state index in [0.717, 1.165) is 51.0 Å². The monoisotopic (exact) mass is 484 g/mol. The molecule has 10 heteroatoms. The number of piperazine rings is 2. The summed E-state index contributed by atoms with van der Waals surface area (Å²) in [5.74, 6) is 1.83. The summed E-state index contributed by atoms with van der Waals surface area (Å²) in [5.41, 5.74) is 0. The number of nitrogens with zero attached hydrogens (tertiary/aromatic N) is 6. The lowest BCUT2D eigenvalue weighted by molar-refractivity contribution is -0.133. The fraction of sp³-hybridized carbons (Fsp3) is 0.560. The molecule has 1 aromatic heterocycles. The minimum atomic E-state index is -0.330. The Morgan fingerprint density at radius 1 is 0.914 bits per heavy atom. The van der Waals surface area contributed by atoms with Crippen LogP contribution in [0.4, 0.5) is 16.0 Å². The van der Waals surface area contributed by atoms with Crippen molar-refractivity contribution in [3.63, 3.8) is 0 Å². The summed E-state index contributed by atoms with van der Waals surface area (Å²) in [6.45, 7) is 8.40. The first kappa shape index (κ1) is 23.7. The second-order valence-corrected chi connectivity index (χ2v) is 9.28. The minimum Gasteiger partial charge on any atom is -0.484 e. The second-order valence-electron chi connectivity index (χ2n) is 9.28. The van der Waals surface area contributed by atoms with Crippen molar-refractivity contribution in [1.29, 1.82) is 0 Å². The van der Waals surface area contributed by atoms with Crippen molar-refractivity contribution in [1.82, 2.24) is 20.0 Å². The number of carbonyl (C=O) groups is 1. The molecule has 0 radical (unpaired) electrons. The number of rotatable bonds is 7. The van der Waals surface area contributed by atoms with E-state index in [1.54, 1.807) is 4.90 Å². The highest BCUT2D eigenvalue weighted by molar-refractivity contribution is 5.78. The molecule has 1 unspecified atom stereocenters. The molecule has 3 fully saturated rings. The number of anilines is 2. The van der Waals surface area contributed by atoms with E-state index in [1.807, 2.05) is 12.1 Å². The summed E-state index contributed by atoms with van der Waals surface area (Å²) < 4.78 is 24.3. The molecule has 3 aliphatic rings. The van der Waals surface area contributed by atoms with Gasteiger partial charge in [-0.05, 0) is 49.2 Å². The molecule has 188 valence electrons. The normalized spacial score (nSPS) is 21.4. The van der Waals surface area contributed by atoms with E-state index in [-0.39, 0.29) is 18.3 Å². The molecule has 0 N–H and O–H groups in total. The topological polar surface area (TPSA) is 74.3 Å². The molecule has 5 rings (SSSR count). The van der Waals surface area contributed by atoms with Gasteiger partial charge in [-0.1, -0.05) is 0 Å². The number of aromatic nitrogens is 2. The van der Waals surface area contributed by atoms with Crippen LogP contribution in [0, 0.1) is 5.82 Å². The van der Waals surface area contributed by atoms with E-state index < -0.39 is 0 Å². The maximum absolute atomic E-state index is 13.0. The summed E-state index contributed by atoms with van der Waals surface area (Å²) >= 11 is 0. The standard InChI is InChI=1S/C25H33FN6O3/c26-20-3-5-21(6-4-20)35-19-25(33)32-15-13-31(14-16-32)24-8-7-23(27-28-24)30-11-9-29(10-12-30)18-22-2-1-17-34-22/h3-8,22H,1-2,9-19H2. The molecule has 4 heterocycles. The smallest absolute Gasteiger partial charge is 0.260 e. The zero-order chi connectivity index (χ0) is 24.0. The number of amides is 1. The van der Waals surface area contributed by atoms with Gasteiger partial charge in [0.1, 0.15) is 11.6 Å². The molecule has 3 saturated heterocycles. The van der Waals surface area contributed by atoms with E-state index in [1.165, 1.54) is 37.1 Å². The molecule has 0 aliphatic carbocycles. The molecule has 0 bridgehead atoms. The van der Waals surface area contributed by atoms with E-state index in [9.17, 15) is 9.18 Å². The van der Waals surface area contributed by atoms with Gasteiger partial charge in [0.15, 0.2) is 18.2 Å². The van der Waals surface area contributed by atoms with Crippen molar-refractivity contribution in [2.75, 3.05) is 81.9 Å². The molecule has 1 amide bonds. The van der Waals surface area contributed by atoms with Crippen LogP contribution < -0.4 is 14.5 Å². The molecule has 2 aromatic rings. The predicted octanol–water partition coefficient (Wildman–Crippen LogP) is 1.64. The zero-order valence-corrected chi connectivity index (χ0v) is 20.0. The highest BCUT2D eigenvalue weighted by Gasteiger charge is 2.25. The van der Waals surface area contributed by atoms with Crippen LogP contribution in [0.5, 0.6) is 5.75 Å². The first-order valence-corrected chi connectivity index (χ1v) is 12.5. The first-order valence-electron chi connectivity index (χ1n) is 12.5. The third-order valence-electron chi connectivity index (χ3n) is 6.95. The van der Waals surface area contributed by atoms with E-state index in [4.69, 9.17) is 9.47 Å². The van der Waals surface area contributed by atoms with Crippen LogP contribution in [0.25, 0.3) is 0 Å². The van der Waals surface area contributed by atoms with Gasteiger partial charge >= 0.3 is 0 Å². The van der Waals surface area contributed by atoms with Gasteiger partial charge in [-0.3, -0.25) is 9.69 Å². The highest BCUT2D eigenvalue weighted by Crippen LogP contribution is 2.20. The summed E-state index contributed by atoms with van der Waals surface area (Å²) in [5, 5.41) is 8.97. The Morgan fingerprint density at radius 2 is 1.54 bits per heavy atom. The largest absolute Gasteiger partial charge is 0.484 e. The maximum Gasteiger partial charge on any atom is 0.260 e. The Labute approximate surface area is 205 Å². The molecule has 1 atom stereocenters. The summed E-state index contributed by atoms with van der Waals surface area (Å²) in [6, 6.07) is 9.75. The molecule has 0 saturated carbocycles. The Balaban J connectivity index is 1.05. The summed E-state index contributed by atoms with van der Waals surface area (Å²) in [4.78, 5) is 21.2. The molecule has 1 aromatic carbocycles. The van der Waals surface area contributed by atoms with Crippen molar-refractivity contribution in [3.05, 3.63) is 42.2 Å². The number of halogens is 1. The van der Waals surface area contributed by atoms with Gasteiger partial charge in [-0.2, -0.15) is 0 Å². The number of benzene rings is 1. The van der Waals surface area contributed by atoms with Crippen molar-refractivity contribution < 1.29 is 18.7 Å². The quantitative estimate of drug-likeness (QED) is 0.588. The van der Waals surface area contributed by atoms with Crippen LogP contribution in [0.1, 0.15) is 12.8 Å².